The summed E-state index contributed by atoms with van der Waals surface area (Å²) in [4.78, 5) is 10.7. The van der Waals surface area contributed by atoms with Gasteiger partial charge in [-0.05, 0) is 48.4 Å². The van der Waals surface area contributed by atoms with Crippen LogP contribution >= 0.6 is 0 Å². The first-order chi connectivity index (χ1) is 9.65. The van der Waals surface area contributed by atoms with E-state index >= 15 is 0 Å². The van der Waals surface area contributed by atoms with Crippen molar-refractivity contribution in [3.8, 4) is 0 Å². The summed E-state index contributed by atoms with van der Waals surface area (Å²) in [5.74, 6) is -0.896. The number of carboxylic acids is 1. The molecule has 0 bridgehead atoms. The third kappa shape index (κ3) is 4.10. The van der Waals surface area contributed by atoms with Crippen molar-refractivity contribution in [2.45, 2.75) is 13.0 Å². The third-order valence-corrected chi connectivity index (χ3v) is 3.10. The van der Waals surface area contributed by atoms with E-state index in [9.17, 15) is 4.79 Å². The number of benzene rings is 2. The molecule has 0 aliphatic rings. The second-order valence-corrected chi connectivity index (χ2v) is 4.67. The molecule has 0 spiro atoms. The van der Waals surface area contributed by atoms with E-state index in [-0.39, 0.29) is 0 Å². The number of hydrogen-bond acceptors (Lipinski definition) is 3. The largest absolute Gasteiger partial charge is 0.478 e. The molecule has 0 aromatic heterocycles. The number of aromatic carboxylic acids is 1. The Morgan fingerprint density at radius 2 is 1.60 bits per heavy atom. The number of nitrogens with one attached hydrogen (secondary N) is 1. The summed E-state index contributed by atoms with van der Waals surface area (Å²) in [5.41, 5.74) is 9.05. The quantitative estimate of drug-likeness (QED) is 0.556. The highest BCUT2D eigenvalue weighted by atomic mass is 16.4. The number of nitrogens with two attached hydrogens (primary N) is 1. The van der Waals surface area contributed by atoms with Gasteiger partial charge in [-0.1, -0.05) is 24.3 Å². The molecule has 2 rings (SSSR count). The molecular formula is C16H18N2O2. The van der Waals surface area contributed by atoms with E-state index < -0.39 is 5.97 Å². The predicted octanol–water partition coefficient (Wildman–Crippen LogP) is 2.30. The van der Waals surface area contributed by atoms with Crippen molar-refractivity contribution >= 4 is 11.7 Å². The summed E-state index contributed by atoms with van der Waals surface area (Å²) < 4.78 is 0. The van der Waals surface area contributed by atoms with Crippen molar-refractivity contribution in [1.29, 1.82) is 0 Å². The Morgan fingerprint density at radius 1 is 1.00 bits per heavy atom. The van der Waals surface area contributed by atoms with E-state index in [0.29, 0.717) is 5.56 Å². The van der Waals surface area contributed by atoms with E-state index in [4.69, 9.17) is 10.8 Å². The van der Waals surface area contributed by atoms with Gasteiger partial charge in [0.1, 0.15) is 0 Å². The molecule has 0 fully saturated rings. The van der Waals surface area contributed by atoms with Gasteiger partial charge in [0.2, 0.25) is 0 Å². The first kappa shape index (κ1) is 14.1. The van der Waals surface area contributed by atoms with Gasteiger partial charge in [0, 0.05) is 12.2 Å². The molecule has 0 atom stereocenters. The Kier molecular flexibility index (Phi) is 4.74. The normalized spacial score (nSPS) is 10.4. The minimum Gasteiger partial charge on any atom is -0.478 e. The van der Waals surface area contributed by atoms with Crippen LogP contribution in [0.5, 0.6) is 0 Å². The van der Waals surface area contributed by atoms with Crippen LogP contribution < -0.4 is 11.1 Å². The van der Waals surface area contributed by atoms with Gasteiger partial charge < -0.3 is 16.2 Å². The maximum Gasteiger partial charge on any atom is 0.335 e. The van der Waals surface area contributed by atoms with E-state index in [2.05, 4.69) is 5.32 Å². The van der Waals surface area contributed by atoms with Crippen LogP contribution in [0.1, 0.15) is 21.5 Å². The van der Waals surface area contributed by atoms with Crippen LogP contribution in [0.2, 0.25) is 0 Å². The van der Waals surface area contributed by atoms with Crippen molar-refractivity contribution < 1.29 is 9.90 Å². The number of carbonyl (C=O) groups is 1. The maximum atomic E-state index is 10.7. The molecule has 0 unspecified atom stereocenters. The van der Waals surface area contributed by atoms with Gasteiger partial charge in [-0.3, -0.25) is 0 Å². The molecule has 4 N–H and O–H groups in total. The zero-order valence-corrected chi connectivity index (χ0v) is 11.2. The van der Waals surface area contributed by atoms with Gasteiger partial charge in [0.15, 0.2) is 0 Å². The molecule has 2 aromatic rings. The highest BCUT2D eigenvalue weighted by molar-refractivity contribution is 5.87. The van der Waals surface area contributed by atoms with E-state index in [1.165, 1.54) is 5.56 Å². The van der Waals surface area contributed by atoms with Crippen molar-refractivity contribution in [2.75, 3.05) is 12.3 Å². The lowest BCUT2D eigenvalue weighted by Crippen LogP contribution is -2.16. The minimum atomic E-state index is -0.896. The number of rotatable bonds is 6. The summed E-state index contributed by atoms with van der Waals surface area (Å²) in [6.45, 7) is 1.60. The van der Waals surface area contributed by atoms with Crippen LogP contribution in [0.25, 0.3) is 0 Å². The molecule has 20 heavy (non-hydrogen) atoms. The van der Waals surface area contributed by atoms with Crippen LogP contribution in [-0.4, -0.2) is 17.6 Å². The number of anilines is 1. The van der Waals surface area contributed by atoms with Gasteiger partial charge >= 0.3 is 5.97 Å². The lowest BCUT2D eigenvalue weighted by atomic mass is 10.1. The first-order valence-electron chi connectivity index (χ1n) is 6.52. The summed E-state index contributed by atoms with van der Waals surface area (Å²) in [6, 6.07) is 14.8. The fourth-order valence-corrected chi connectivity index (χ4v) is 1.91. The van der Waals surface area contributed by atoms with E-state index in [0.717, 1.165) is 30.8 Å². The molecule has 0 saturated heterocycles. The van der Waals surface area contributed by atoms with Gasteiger partial charge in [0.25, 0.3) is 0 Å². The number of nitrogen functional groups attached to an aromatic ring is 1. The SMILES string of the molecule is Nc1ccc(CCNCc2ccc(C(=O)O)cc2)cc1. The Morgan fingerprint density at radius 3 is 2.20 bits per heavy atom. The molecule has 104 valence electrons. The second kappa shape index (κ2) is 6.73. The molecule has 0 aliphatic carbocycles. The molecule has 4 nitrogen and oxygen atoms in total. The summed E-state index contributed by atoms with van der Waals surface area (Å²) >= 11 is 0. The Balaban J connectivity index is 1.75. The van der Waals surface area contributed by atoms with E-state index in [1.807, 2.05) is 36.4 Å². The lowest BCUT2D eigenvalue weighted by Gasteiger charge is -2.06. The molecule has 0 heterocycles. The van der Waals surface area contributed by atoms with Gasteiger partial charge in [-0.2, -0.15) is 0 Å². The number of carboxylic acid groups (broad SMARTS) is 1. The average Bonchev–Trinajstić information content (AvgIpc) is 2.46. The monoisotopic (exact) mass is 270 g/mol. The summed E-state index contributed by atoms with van der Waals surface area (Å²) in [7, 11) is 0. The summed E-state index contributed by atoms with van der Waals surface area (Å²) in [6.07, 6.45) is 0.938. The van der Waals surface area contributed by atoms with Crippen molar-refractivity contribution in [1.82, 2.24) is 5.32 Å². The van der Waals surface area contributed by atoms with Gasteiger partial charge in [-0.25, -0.2) is 4.79 Å². The van der Waals surface area contributed by atoms with Crippen LogP contribution in [-0.2, 0) is 13.0 Å². The topological polar surface area (TPSA) is 75.3 Å². The molecule has 0 amide bonds. The third-order valence-electron chi connectivity index (χ3n) is 3.10. The summed E-state index contributed by atoms with van der Waals surface area (Å²) in [5, 5.41) is 12.1. The molecule has 0 saturated carbocycles. The molecular weight excluding hydrogens is 252 g/mol. The highest BCUT2D eigenvalue weighted by Crippen LogP contribution is 2.06. The Hall–Kier alpha value is -2.33. The molecule has 0 radical (unpaired) electrons. The second-order valence-electron chi connectivity index (χ2n) is 4.67. The van der Waals surface area contributed by atoms with E-state index in [1.54, 1.807) is 12.1 Å². The van der Waals surface area contributed by atoms with Gasteiger partial charge in [0.05, 0.1) is 5.56 Å². The van der Waals surface area contributed by atoms with Crippen molar-refractivity contribution in [3.05, 3.63) is 65.2 Å². The fourth-order valence-electron chi connectivity index (χ4n) is 1.91. The Labute approximate surface area is 118 Å². The van der Waals surface area contributed by atoms with Crippen molar-refractivity contribution in [2.24, 2.45) is 0 Å². The molecule has 0 aliphatic heterocycles. The van der Waals surface area contributed by atoms with Crippen LogP contribution in [0.15, 0.2) is 48.5 Å². The average molecular weight is 270 g/mol. The Bertz CT molecular complexity index is 562. The standard InChI is InChI=1S/C16H18N2O2/c17-15-7-3-12(4-8-15)9-10-18-11-13-1-5-14(6-2-13)16(19)20/h1-8,18H,9-11,17H2,(H,19,20). The predicted molar refractivity (Wildman–Crippen MR) is 79.7 cm³/mol. The maximum absolute atomic E-state index is 10.7. The van der Waals surface area contributed by atoms with Crippen LogP contribution in [0, 0.1) is 0 Å². The zero-order valence-electron chi connectivity index (χ0n) is 11.2. The minimum absolute atomic E-state index is 0.315. The van der Waals surface area contributed by atoms with Crippen molar-refractivity contribution in [3.63, 3.8) is 0 Å². The fraction of sp³-hybridized carbons (Fsp3) is 0.188. The smallest absolute Gasteiger partial charge is 0.335 e. The van der Waals surface area contributed by atoms with Crippen LogP contribution in [0.3, 0.4) is 0 Å². The lowest BCUT2D eigenvalue weighted by molar-refractivity contribution is 0.0697. The highest BCUT2D eigenvalue weighted by Gasteiger charge is 2.01. The van der Waals surface area contributed by atoms with Crippen LogP contribution in [0.4, 0.5) is 5.69 Å². The first-order valence-corrected chi connectivity index (χ1v) is 6.52. The molecule has 4 heteroatoms. The molecule has 2 aromatic carbocycles. The van der Waals surface area contributed by atoms with Gasteiger partial charge in [-0.15, -0.1) is 0 Å². The number of hydrogen-bond donors (Lipinski definition) is 3. The zero-order chi connectivity index (χ0) is 14.4.